The molecule has 0 saturated carbocycles. The van der Waals surface area contributed by atoms with Gasteiger partial charge >= 0.3 is 0 Å². The Balaban J connectivity index is 1.49. The number of nitrogens with zero attached hydrogens (tertiary/aromatic N) is 2. The Hall–Kier alpha value is -1.70. The Morgan fingerprint density at radius 3 is 2.88 bits per heavy atom. The van der Waals surface area contributed by atoms with Gasteiger partial charge < -0.3 is 20.3 Å². The van der Waals surface area contributed by atoms with Crippen LogP contribution in [0, 0.1) is 5.92 Å². The highest BCUT2D eigenvalue weighted by atomic mass is 32.1. The van der Waals surface area contributed by atoms with Crippen LogP contribution in [-0.2, 0) is 9.53 Å². The summed E-state index contributed by atoms with van der Waals surface area (Å²) < 4.78 is 6.51. The van der Waals surface area contributed by atoms with E-state index in [0.29, 0.717) is 0 Å². The number of hydrogen-bond acceptors (Lipinski definition) is 6. The average Bonchev–Trinajstić information content (AvgIpc) is 3.06. The van der Waals surface area contributed by atoms with Crippen LogP contribution < -0.4 is 15.5 Å². The molecule has 0 bridgehead atoms. The van der Waals surface area contributed by atoms with Gasteiger partial charge in [0, 0.05) is 24.7 Å². The first kappa shape index (κ1) is 15.8. The monoisotopic (exact) mass is 346 g/mol. The van der Waals surface area contributed by atoms with Gasteiger partial charge in [0.15, 0.2) is 5.13 Å². The lowest BCUT2D eigenvalue weighted by Crippen LogP contribution is -2.36. The molecule has 2 aliphatic heterocycles. The summed E-state index contributed by atoms with van der Waals surface area (Å²) in [6, 6.07) is 5.98. The molecule has 4 rings (SSSR count). The molecule has 0 radical (unpaired) electrons. The van der Waals surface area contributed by atoms with Crippen LogP contribution in [0.2, 0.25) is 0 Å². The fraction of sp³-hybridized carbons (Fsp3) is 0.529. The van der Waals surface area contributed by atoms with E-state index < -0.39 is 0 Å². The lowest BCUT2D eigenvalue weighted by Gasteiger charge is -2.25. The lowest BCUT2D eigenvalue weighted by atomic mass is 9.97. The number of anilines is 2. The number of rotatable bonds is 3. The van der Waals surface area contributed by atoms with Crippen LogP contribution in [0.5, 0.6) is 0 Å². The molecule has 1 aromatic heterocycles. The van der Waals surface area contributed by atoms with E-state index in [-0.39, 0.29) is 11.8 Å². The van der Waals surface area contributed by atoms with Gasteiger partial charge in [-0.25, -0.2) is 4.98 Å². The third kappa shape index (κ3) is 3.38. The first-order valence-electron chi connectivity index (χ1n) is 8.54. The van der Waals surface area contributed by atoms with E-state index in [1.54, 1.807) is 11.3 Å². The first-order chi connectivity index (χ1) is 11.8. The number of benzene rings is 1. The summed E-state index contributed by atoms with van der Waals surface area (Å²) in [4.78, 5) is 19.4. The second-order valence-electron chi connectivity index (χ2n) is 6.29. The van der Waals surface area contributed by atoms with Crippen molar-refractivity contribution < 1.29 is 9.53 Å². The van der Waals surface area contributed by atoms with Crippen LogP contribution in [0.15, 0.2) is 18.2 Å². The van der Waals surface area contributed by atoms with Gasteiger partial charge in [0.05, 0.1) is 23.4 Å². The van der Waals surface area contributed by atoms with Crippen molar-refractivity contribution >= 4 is 38.3 Å². The van der Waals surface area contributed by atoms with Crippen LogP contribution in [-0.4, -0.2) is 50.3 Å². The molecule has 2 aromatic rings. The molecule has 2 N–H and O–H groups in total. The highest BCUT2D eigenvalue weighted by Crippen LogP contribution is 2.31. The summed E-state index contributed by atoms with van der Waals surface area (Å²) in [6.45, 7) is 5.14. The van der Waals surface area contributed by atoms with Gasteiger partial charge in [-0.05, 0) is 44.1 Å². The molecule has 1 amide bonds. The van der Waals surface area contributed by atoms with Gasteiger partial charge in [-0.15, -0.1) is 0 Å². The van der Waals surface area contributed by atoms with E-state index >= 15 is 0 Å². The van der Waals surface area contributed by atoms with E-state index in [4.69, 9.17) is 9.72 Å². The van der Waals surface area contributed by atoms with E-state index in [1.165, 1.54) is 0 Å². The van der Waals surface area contributed by atoms with Gasteiger partial charge in [-0.2, -0.15) is 0 Å². The van der Waals surface area contributed by atoms with Crippen molar-refractivity contribution in [2.45, 2.75) is 12.8 Å². The van der Waals surface area contributed by atoms with Crippen molar-refractivity contribution in [2.75, 3.05) is 49.6 Å². The third-order valence-electron chi connectivity index (χ3n) is 4.64. The number of thiazole rings is 1. The van der Waals surface area contributed by atoms with Crippen molar-refractivity contribution in [3.8, 4) is 0 Å². The smallest absolute Gasteiger partial charge is 0.227 e. The van der Waals surface area contributed by atoms with Gasteiger partial charge in [-0.1, -0.05) is 11.3 Å². The average molecular weight is 346 g/mol. The Labute approximate surface area is 145 Å². The summed E-state index contributed by atoms with van der Waals surface area (Å²) >= 11 is 1.68. The molecule has 0 spiro atoms. The largest absolute Gasteiger partial charge is 0.378 e. The number of carbonyl (C=O) groups is 1. The van der Waals surface area contributed by atoms with Gasteiger partial charge in [0.25, 0.3) is 0 Å². The molecular weight excluding hydrogens is 324 g/mol. The van der Waals surface area contributed by atoms with Crippen molar-refractivity contribution in [3.63, 3.8) is 0 Å². The van der Waals surface area contributed by atoms with E-state index in [0.717, 1.165) is 73.3 Å². The zero-order chi connectivity index (χ0) is 16.4. The fourth-order valence-electron chi connectivity index (χ4n) is 3.21. The summed E-state index contributed by atoms with van der Waals surface area (Å²) in [5, 5.41) is 7.40. The van der Waals surface area contributed by atoms with Crippen molar-refractivity contribution in [1.29, 1.82) is 0 Å². The minimum Gasteiger partial charge on any atom is -0.378 e. The fourth-order valence-corrected chi connectivity index (χ4v) is 4.27. The van der Waals surface area contributed by atoms with Crippen molar-refractivity contribution in [3.05, 3.63) is 18.2 Å². The second kappa shape index (κ2) is 7.04. The topological polar surface area (TPSA) is 66.5 Å². The van der Waals surface area contributed by atoms with Crippen LogP contribution in [0.1, 0.15) is 12.8 Å². The Morgan fingerprint density at radius 2 is 2.08 bits per heavy atom. The minimum atomic E-state index is 0.118. The first-order valence-corrected chi connectivity index (χ1v) is 9.36. The molecule has 24 heavy (non-hydrogen) atoms. The highest BCUT2D eigenvalue weighted by molar-refractivity contribution is 7.22. The Bertz CT molecular complexity index is 720. The number of amides is 1. The number of fused-ring (bicyclic) bond motifs is 1. The molecule has 0 aliphatic carbocycles. The van der Waals surface area contributed by atoms with E-state index in [1.807, 2.05) is 18.2 Å². The van der Waals surface area contributed by atoms with Crippen LogP contribution in [0.25, 0.3) is 10.2 Å². The lowest BCUT2D eigenvalue weighted by molar-refractivity contribution is -0.120. The quantitative estimate of drug-likeness (QED) is 0.891. The molecule has 6 nitrogen and oxygen atoms in total. The number of hydrogen-bond donors (Lipinski definition) is 2. The van der Waals surface area contributed by atoms with Crippen molar-refractivity contribution in [1.82, 2.24) is 10.3 Å². The molecular formula is C17H22N4O2S. The zero-order valence-electron chi connectivity index (χ0n) is 13.6. The number of ether oxygens (including phenoxy) is 1. The predicted molar refractivity (Wildman–Crippen MR) is 96.9 cm³/mol. The van der Waals surface area contributed by atoms with E-state index in [9.17, 15) is 4.79 Å². The van der Waals surface area contributed by atoms with Crippen LogP contribution in [0.3, 0.4) is 0 Å². The zero-order valence-corrected chi connectivity index (χ0v) is 14.4. The Morgan fingerprint density at radius 1 is 1.29 bits per heavy atom. The molecule has 0 unspecified atom stereocenters. The van der Waals surface area contributed by atoms with E-state index in [2.05, 4.69) is 15.5 Å². The normalized spacial score (nSPS) is 19.6. The SMILES string of the molecule is O=C(Nc1ccc2nc(N3CCOCC3)sc2c1)C1CCNCC1. The van der Waals surface area contributed by atoms with Gasteiger partial charge in [0.1, 0.15) is 0 Å². The highest BCUT2D eigenvalue weighted by Gasteiger charge is 2.21. The molecule has 3 heterocycles. The molecule has 7 heteroatoms. The Kier molecular flexibility index (Phi) is 4.64. The van der Waals surface area contributed by atoms with Crippen LogP contribution in [0.4, 0.5) is 10.8 Å². The predicted octanol–water partition coefficient (Wildman–Crippen LogP) is 2.07. The van der Waals surface area contributed by atoms with Crippen LogP contribution >= 0.6 is 11.3 Å². The summed E-state index contributed by atoms with van der Waals surface area (Å²) in [5.74, 6) is 0.251. The maximum Gasteiger partial charge on any atom is 0.227 e. The van der Waals surface area contributed by atoms with Gasteiger partial charge in [-0.3, -0.25) is 4.79 Å². The molecule has 0 atom stereocenters. The summed E-state index contributed by atoms with van der Waals surface area (Å²) in [6.07, 6.45) is 1.83. The minimum absolute atomic E-state index is 0.118. The number of nitrogens with one attached hydrogen (secondary N) is 2. The number of carbonyl (C=O) groups excluding carboxylic acids is 1. The number of piperidine rings is 1. The maximum atomic E-state index is 12.4. The molecule has 128 valence electrons. The summed E-state index contributed by atoms with van der Waals surface area (Å²) in [5.41, 5.74) is 1.85. The third-order valence-corrected chi connectivity index (χ3v) is 5.72. The molecule has 2 fully saturated rings. The molecule has 1 aromatic carbocycles. The second-order valence-corrected chi connectivity index (χ2v) is 7.30. The number of aromatic nitrogens is 1. The maximum absolute atomic E-state index is 12.4. The summed E-state index contributed by atoms with van der Waals surface area (Å²) in [7, 11) is 0. The standard InChI is InChI=1S/C17H22N4O2S/c22-16(12-3-5-18-6-4-12)19-13-1-2-14-15(11-13)24-17(20-14)21-7-9-23-10-8-21/h1-2,11-12,18H,3-10H2,(H,19,22). The molecule has 2 saturated heterocycles. The van der Waals surface area contributed by atoms with Gasteiger partial charge in [0.2, 0.25) is 5.91 Å². The van der Waals surface area contributed by atoms with Crippen molar-refractivity contribution in [2.24, 2.45) is 5.92 Å². The molecule has 2 aliphatic rings. The number of morpholine rings is 1.